The Kier molecular flexibility index (Phi) is 9.11. The number of rotatable bonds is 11. The number of aryl methyl sites for hydroxylation is 2. The summed E-state index contributed by atoms with van der Waals surface area (Å²) >= 11 is 0. The van der Waals surface area contributed by atoms with Gasteiger partial charge >= 0.3 is 5.97 Å². The number of imidazole rings is 1. The Labute approximate surface area is 233 Å². The van der Waals surface area contributed by atoms with Gasteiger partial charge in [-0.25, -0.2) is 9.78 Å². The molecular formula is C34H42N2O3. The van der Waals surface area contributed by atoms with Crippen molar-refractivity contribution in [3.8, 4) is 16.9 Å². The molecule has 5 nitrogen and oxygen atoms in total. The van der Waals surface area contributed by atoms with Crippen LogP contribution in [0.3, 0.4) is 0 Å². The molecule has 0 fully saturated rings. The van der Waals surface area contributed by atoms with Crippen LogP contribution in [-0.2, 0) is 17.7 Å². The summed E-state index contributed by atoms with van der Waals surface area (Å²) in [5.74, 6) is 1.70. The molecule has 0 spiro atoms. The van der Waals surface area contributed by atoms with Crippen LogP contribution in [0.15, 0.2) is 60.7 Å². The number of unbranched alkanes of at least 4 members (excludes halogenated alkanes) is 2. The van der Waals surface area contributed by atoms with Gasteiger partial charge in [-0.2, -0.15) is 0 Å². The van der Waals surface area contributed by atoms with Crippen molar-refractivity contribution in [3.05, 3.63) is 83.2 Å². The number of nitrogens with zero attached hydrogens (tertiary/aromatic N) is 2. The first-order valence-electron chi connectivity index (χ1n) is 14.2. The maximum atomic E-state index is 12.9. The zero-order valence-electron chi connectivity index (χ0n) is 24.3. The van der Waals surface area contributed by atoms with Crippen LogP contribution >= 0.6 is 0 Å². The summed E-state index contributed by atoms with van der Waals surface area (Å²) in [6.45, 7) is 13.6. The second-order valence-corrected chi connectivity index (χ2v) is 11.2. The molecule has 39 heavy (non-hydrogen) atoms. The van der Waals surface area contributed by atoms with E-state index in [0.717, 1.165) is 65.8 Å². The molecule has 1 heterocycles. The van der Waals surface area contributed by atoms with Crippen LogP contribution in [0, 0.1) is 6.92 Å². The fourth-order valence-corrected chi connectivity index (χ4v) is 4.74. The third-order valence-electron chi connectivity index (χ3n) is 6.80. The summed E-state index contributed by atoms with van der Waals surface area (Å²) in [5, 5.41) is 0. The molecule has 0 aliphatic rings. The molecule has 0 amide bonds. The lowest BCUT2D eigenvalue weighted by Gasteiger charge is -2.20. The Morgan fingerprint density at radius 3 is 2.33 bits per heavy atom. The summed E-state index contributed by atoms with van der Waals surface area (Å²) in [5.41, 5.74) is 6.33. The van der Waals surface area contributed by atoms with Crippen LogP contribution < -0.4 is 4.74 Å². The molecular weight excluding hydrogens is 484 g/mol. The van der Waals surface area contributed by atoms with Crippen molar-refractivity contribution in [2.75, 3.05) is 6.61 Å². The quantitative estimate of drug-likeness (QED) is 0.145. The van der Waals surface area contributed by atoms with E-state index in [9.17, 15) is 4.79 Å². The minimum Gasteiger partial charge on any atom is -0.491 e. The Hall–Kier alpha value is -3.60. The SMILES string of the molecule is CCCCOc1ccc(C)c2nc(CCCC)n(Cc3ccc(-c4ccccc4C(=O)OC(C)(C)C)cc3)c12. The normalized spacial score (nSPS) is 11.6. The summed E-state index contributed by atoms with van der Waals surface area (Å²) in [4.78, 5) is 18.0. The standard InChI is InChI=1S/C34H42N2O3/c1-7-9-15-30-35-31-24(3)16-21-29(38-22-10-8-2)32(31)36(30)23-25-17-19-26(20-18-25)27-13-11-12-14-28(27)33(37)39-34(4,5)6/h11-14,16-21H,7-10,15,22-23H2,1-6H3. The van der Waals surface area contributed by atoms with Gasteiger partial charge in [-0.05, 0) is 74.9 Å². The molecule has 0 bridgehead atoms. The molecule has 206 valence electrons. The molecule has 0 unspecified atom stereocenters. The Balaban J connectivity index is 1.68. The monoisotopic (exact) mass is 526 g/mol. The second-order valence-electron chi connectivity index (χ2n) is 11.2. The third kappa shape index (κ3) is 6.89. The third-order valence-corrected chi connectivity index (χ3v) is 6.80. The maximum absolute atomic E-state index is 12.9. The zero-order valence-corrected chi connectivity index (χ0v) is 24.3. The Morgan fingerprint density at radius 1 is 0.923 bits per heavy atom. The lowest BCUT2D eigenvalue weighted by Crippen LogP contribution is -2.24. The fourth-order valence-electron chi connectivity index (χ4n) is 4.74. The number of hydrogen-bond acceptors (Lipinski definition) is 4. The average molecular weight is 527 g/mol. The van der Waals surface area contributed by atoms with Crippen LogP contribution in [0.1, 0.15) is 87.6 Å². The van der Waals surface area contributed by atoms with Crippen LogP contribution in [0.4, 0.5) is 0 Å². The van der Waals surface area contributed by atoms with Gasteiger partial charge < -0.3 is 14.0 Å². The highest BCUT2D eigenvalue weighted by molar-refractivity contribution is 5.97. The highest BCUT2D eigenvalue weighted by atomic mass is 16.6. The first-order valence-corrected chi connectivity index (χ1v) is 14.2. The minimum atomic E-state index is -0.547. The van der Waals surface area contributed by atoms with Crippen molar-refractivity contribution in [1.82, 2.24) is 9.55 Å². The molecule has 4 rings (SSSR count). The molecule has 0 N–H and O–H groups in total. The van der Waals surface area contributed by atoms with Gasteiger partial charge in [0.05, 0.1) is 17.7 Å². The number of fused-ring (bicyclic) bond motifs is 1. The predicted molar refractivity (Wildman–Crippen MR) is 160 cm³/mol. The second kappa shape index (κ2) is 12.5. The first-order chi connectivity index (χ1) is 18.7. The Bertz CT molecular complexity index is 1410. The number of carbonyl (C=O) groups excluding carboxylic acids is 1. The molecule has 1 aromatic heterocycles. The highest BCUT2D eigenvalue weighted by Crippen LogP contribution is 2.32. The lowest BCUT2D eigenvalue weighted by molar-refractivity contribution is 0.00704. The molecule has 0 atom stereocenters. The lowest BCUT2D eigenvalue weighted by atomic mass is 9.98. The van der Waals surface area contributed by atoms with Gasteiger partial charge in [-0.1, -0.05) is 75.2 Å². The van der Waals surface area contributed by atoms with Gasteiger partial charge in [0, 0.05) is 13.0 Å². The highest BCUT2D eigenvalue weighted by Gasteiger charge is 2.21. The zero-order chi connectivity index (χ0) is 28.0. The minimum absolute atomic E-state index is 0.307. The predicted octanol–water partition coefficient (Wildman–Crippen LogP) is 8.54. The van der Waals surface area contributed by atoms with Crippen molar-refractivity contribution >= 4 is 17.0 Å². The van der Waals surface area contributed by atoms with Crippen molar-refractivity contribution in [3.63, 3.8) is 0 Å². The molecule has 4 aromatic rings. The Morgan fingerprint density at radius 2 is 1.64 bits per heavy atom. The van der Waals surface area contributed by atoms with Gasteiger partial charge in [0.1, 0.15) is 22.7 Å². The van der Waals surface area contributed by atoms with E-state index in [1.165, 1.54) is 11.1 Å². The summed E-state index contributed by atoms with van der Waals surface area (Å²) < 4.78 is 14.3. The van der Waals surface area contributed by atoms with Gasteiger partial charge in [0.25, 0.3) is 0 Å². The molecule has 0 saturated heterocycles. The van der Waals surface area contributed by atoms with E-state index in [0.29, 0.717) is 18.7 Å². The van der Waals surface area contributed by atoms with E-state index in [1.54, 1.807) is 0 Å². The van der Waals surface area contributed by atoms with Gasteiger partial charge in [0.2, 0.25) is 0 Å². The van der Waals surface area contributed by atoms with E-state index in [4.69, 9.17) is 14.5 Å². The van der Waals surface area contributed by atoms with E-state index in [-0.39, 0.29) is 5.97 Å². The number of hydrogen-bond donors (Lipinski definition) is 0. The first kappa shape index (κ1) is 28.4. The number of benzene rings is 3. The molecule has 0 aliphatic carbocycles. The number of aromatic nitrogens is 2. The van der Waals surface area contributed by atoms with E-state index in [2.05, 4.69) is 61.7 Å². The van der Waals surface area contributed by atoms with Crippen LogP contribution in [0.2, 0.25) is 0 Å². The molecule has 0 radical (unpaired) electrons. The topological polar surface area (TPSA) is 53.4 Å². The molecule has 0 aliphatic heterocycles. The molecule has 5 heteroatoms. The molecule has 0 saturated carbocycles. The van der Waals surface area contributed by atoms with E-state index in [1.807, 2.05) is 45.0 Å². The smallest absolute Gasteiger partial charge is 0.339 e. The van der Waals surface area contributed by atoms with Crippen LogP contribution in [-0.4, -0.2) is 27.7 Å². The summed E-state index contributed by atoms with van der Waals surface area (Å²) in [7, 11) is 0. The van der Waals surface area contributed by atoms with Gasteiger partial charge in [-0.15, -0.1) is 0 Å². The van der Waals surface area contributed by atoms with E-state index < -0.39 is 5.60 Å². The number of ether oxygens (including phenoxy) is 2. The number of esters is 1. The van der Waals surface area contributed by atoms with Crippen LogP contribution in [0.5, 0.6) is 5.75 Å². The van der Waals surface area contributed by atoms with Crippen molar-refractivity contribution < 1.29 is 14.3 Å². The summed E-state index contributed by atoms with van der Waals surface area (Å²) in [6.07, 6.45) is 5.26. The maximum Gasteiger partial charge on any atom is 0.339 e. The fraction of sp³-hybridized carbons (Fsp3) is 0.412. The molecule has 3 aromatic carbocycles. The largest absolute Gasteiger partial charge is 0.491 e. The summed E-state index contributed by atoms with van der Waals surface area (Å²) in [6, 6.07) is 20.3. The average Bonchev–Trinajstić information content (AvgIpc) is 3.27. The van der Waals surface area contributed by atoms with Crippen molar-refractivity contribution in [1.29, 1.82) is 0 Å². The van der Waals surface area contributed by atoms with Gasteiger partial charge in [-0.3, -0.25) is 0 Å². The van der Waals surface area contributed by atoms with Crippen molar-refractivity contribution in [2.24, 2.45) is 0 Å². The van der Waals surface area contributed by atoms with Crippen molar-refractivity contribution in [2.45, 2.75) is 85.8 Å². The van der Waals surface area contributed by atoms with Crippen LogP contribution in [0.25, 0.3) is 22.2 Å². The number of carbonyl (C=O) groups is 1. The van der Waals surface area contributed by atoms with E-state index >= 15 is 0 Å². The van der Waals surface area contributed by atoms with Gasteiger partial charge in [0.15, 0.2) is 0 Å².